The molecule has 0 saturated heterocycles. The largest absolute Gasteiger partial charge is 0.252 e. The number of nitrogens with zero attached hydrogens (tertiary/aromatic N) is 1. The third-order valence-corrected chi connectivity index (χ3v) is 4.55. The molecule has 18 heavy (non-hydrogen) atoms. The van der Waals surface area contributed by atoms with Crippen molar-refractivity contribution in [1.29, 1.82) is 0 Å². The van der Waals surface area contributed by atoms with Crippen LogP contribution in [0.25, 0.3) is 10.9 Å². The number of pyridine rings is 1. The van der Waals surface area contributed by atoms with Crippen LogP contribution < -0.4 is 0 Å². The summed E-state index contributed by atoms with van der Waals surface area (Å²) < 4.78 is 0. The van der Waals surface area contributed by atoms with E-state index in [1.54, 1.807) is 0 Å². The first-order valence-corrected chi connectivity index (χ1v) is 7.29. The molecule has 0 saturated carbocycles. The van der Waals surface area contributed by atoms with Gasteiger partial charge in [0.15, 0.2) is 0 Å². The second-order valence-corrected chi connectivity index (χ2v) is 5.60. The average molecular weight is 280 g/mol. The molecule has 0 aliphatic heterocycles. The molecular weight excluding hydrogens is 265 g/mol. The van der Waals surface area contributed by atoms with Gasteiger partial charge in [0, 0.05) is 22.0 Å². The van der Waals surface area contributed by atoms with Crippen molar-refractivity contribution in [3.8, 4) is 0 Å². The van der Waals surface area contributed by atoms with E-state index in [0.29, 0.717) is 5.88 Å². The summed E-state index contributed by atoms with van der Waals surface area (Å²) in [5.41, 5.74) is 5.96. The van der Waals surface area contributed by atoms with E-state index in [2.05, 4.69) is 6.07 Å². The number of hydrogen-bond donors (Lipinski definition) is 0. The Labute approximate surface area is 117 Å². The molecule has 1 aliphatic rings. The number of rotatable bonds is 1. The second-order valence-electron chi connectivity index (χ2n) is 4.92. The third-order valence-electron chi connectivity index (χ3n) is 3.87. The summed E-state index contributed by atoms with van der Waals surface area (Å²) in [6.07, 6.45) is 4.66. The Hall–Kier alpha value is -0.790. The van der Waals surface area contributed by atoms with Crippen molar-refractivity contribution in [1.82, 2.24) is 4.98 Å². The van der Waals surface area contributed by atoms with Crippen molar-refractivity contribution < 1.29 is 0 Å². The molecule has 0 bridgehead atoms. The van der Waals surface area contributed by atoms with Gasteiger partial charge in [0.1, 0.15) is 0 Å². The van der Waals surface area contributed by atoms with Crippen molar-refractivity contribution in [2.75, 3.05) is 0 Å². The summed E-state index contributed by atoms with van der Waals surface area (Å²) in [4.78, 5) is 4.84. The molecule has 0 atom stereocenters. The number of hydrogen-bond acceptors (Lipinski definition) is 1. The lowest BCUT2D eigenvalue weighted by Gasteiger charge is -2.20. The van der Waals surface area contributed by atoms with Gasteiger partial charge in [-0.2, -0.15) is 0 Å². The molecule has 2 aromatic rings. The summed E-state index contributed by atoms with van der Waals surface area (Å²) >= 11 is 12.4. The van der Waals surface area contributed by atoms with E-state index in [0.717, 1.165) is 28.9 Å². The van der Waals surface area contributed by atoms with Crippen molar-refractivity contribution in [2.45, 2.75) is 38.5 Å². The van der Waals surface area contributed by atoms with E-state index in [4.69, 9.17) is 28.2 Å². The molecule has 3 heteroatoms. The summed E-state index contributed by atoms with van der Waals surface area (Å²) in [6.45, 7) is 2.03. The molecule has 1 aromatic carbocycles. The van der Waals surface area contributed by atoms with Crippen LogP contribution in [0.15, 0.2) is 12.1 Å². The van der Waals surface area contributed by atoms with Crippen molar-refractivity contribution in [3.05, 3.63) is 39.5 Å². The van der Waals surface area contributed by atoms with E-state index in [1.165, 1.54) is 35.0 Å². The standard InChI is InChI=1S/C15H15Cl2N/c1-9-13(17)7-6-11-12(8-16)10-4-2-3-5-14(10)18-15(9)11/h6-7H,2-5,8H2,1H3. The van der Waals surface area contributed by atoms with Gasteiger partial charge in [0.25, 0.3) is 0 Å². The Bertz CT molecular complexity index is 620. The van der Waals surface area contributed by atoms with Crippen LogP contribution in [0.1, 0.15) is 35.2 Å². The molecular formula is C15H15Cl2N. The quantitative estimate of drug-likeness (QED) is 0.683. The first-order chi connectivity index (χ1) is 8.72. The van der Waals surface area contributed by atoms with E-state index in [9.17, 15) is 0 Å². The highest BCUT2D eigenvalue weighted by atomic mass is 35.5. The minimum Gasteiger partial charge on any atom is -0.252 e. The van der Waals surface area contributed by atoms with Crippen molar-refractivity contribution in [3.63, 3.8) is 0 Å². The fourth-order valence-electron chi connectivity index (χ4n) is 2.85. The number of alkyl halides is 1. The monoisotopic (exact) mass is 279 g/mol. The first-order valence-electron chi connectivity index (χ1n) is 6.37. The topological polar surface area (TPSA) is 12.9 Å². The normalized spacial score (nSPS) is 14.8. The molecule has 3 rings (SSSR count). The summed E-state index contributed by atoms with van der Waals surface area (Å²) in [6, 6.07) is 4.01. The SMILES string of the molecule is Cc1c(Cl)ccc2c(CCl)c3c(nc12)CCCC3. The highest BCUT2D eigenvalue weighted by Crippen LogP contribution is 2.33. The van der Waals surface area contributed by atoms with Crippen LogP contribution in [0.4, 0.5) is 0 Å². The number of aryl methyl sites for hydroxylation is 2. The molecule has 0 N–H and O–H groups in total. The first kappa shape index (κ1) is 12.3. The van der Waals surface area contributed by atoms with Crippen LogP contribution in [-0.4, -0.2) is 4.98 Å². The zero-order valence-electron chi connectivity index (χ0n) is 10.4. The van der Waals surface area contributed by atoms with Crippen LogP contribution in [0.3, 0.4) is 0 Å². The van der Waals surface area contributed by atoms with Crippen LogP contribution in [-0.2, 0) is 18.7 Å². The number of aromatic nitrogens is 1. The lowest BCUT2D eigenvalue weighted by Crippen LogP contribution is -2.09. The Morgan fingerprint density at radius 2 is 2.00 bits per heavy atom. The van der Waals surface area contributed by atoms with Gasteiger partial charge in [0.2, 0.25) is 0 Å². The number of halogens is 2. The molecule has 1 aliphatic carbocycles. The summed E-state index contributed by atoms with van der Waals surface area (Å²) in [7, 11) is 0. The van der Waals surface area contributed by atoms with Gasteiger partial charge in [-0.15, -0.1) is 11.6 Å². The lowest BCUT2D eigenvalue weighted by atomic mass is 9.90. The van der Waals surface area contributed by atoms with Crippen LogP contribution in [0, 0.1) is 6.92 Å². The van der Waals surface area contributed by atoms with Crippen molar-refractivity contribution >= 4 is 34.1 Å². The Kier molecular flexibility index (Phi) is 3.21. The maximum Gasteiger partial charge on any atom is 0.0752 e. The smallest absolute Gasteiger partial charge is 0.0752 e. The molecule has 0 fully saturated rings. The highest BCUT2D eigenvalue weighted by Gasteiger charge is 2.18. The minimum absolute atomic E-state index is 0.558. The third kappa shape index (κ3) is 1.81. The zero-order valence-corrected chi connectivity index (χ0v) is 11.9. The molecule has 94 valence electrons. The lowest BCUT2D eigenvalue weighted by molar-refractivity contribution is 0.667. The zero-order chi connectivity index (χ0) is 12.7. The maximum absolute atomic E-state index is 6.19. The van der Waals surface area contributed by atoms with E-state index < -0.39 is 0 Å². The number of fused-ring (bicyclic) bond motifs is 2. The highest BCUT2D eigenvalue weighted by molar-refractivity contribution is 6.32. The van der Waals surface area contributed by atoms with Gasteiger partial charge in [-0.25, -0.2) is 0 Å². The predicted octanol–water partition coefficient (Wildman–Crippen LogP) is 4.81. The van der Waals surface area contributed by atoms with Crippen LogP contribution >= 0.6 is 23.2 Å². The Morgan fingerprint density at radius 3 is 2.78 bits per heavy atom. The molecule has 0 radical (unpaired) electrons. The van der Waals surface area contributed by atoms with Crippen molar-refractivity contribution in [2.24, 2.45) is 0 Å². The van der Waals surface area contributed by atoms with Gasteiger partial charge in [-0.1, -0.05) is 17.7 Å². The second kappa shape index (κ2) is 4.71. The van der Waals surface area contributed by atoms with Crippen LogP contribution in [0.2, 0.25) is 5.02 Å². The average Bonchev–Trinajstić information content (AvgIpc) is 2.41. The summed E-state index contributed by atoms with van der Waals surface area (Å²) in [5, 5.41) is 1.96. The van der Waals surface area contributed by atoms with Gasteiger partial charge >= 0.3 is 0 Å². The molecule has 1 heterocycles. The van der Waals surface area contributed by atoms with Gasteiger partial charge in [-0.05, 0) is 55.4 Å². The van der Waals surface area contributed by atoms with E-state index in [1.807, 2.05) is 13.0 Å². The van der Waals surface area contributed by atoms with Crippen LogP contribution in [0.5, 0.6) is 0 Å². The van der Waals surface area contributed by atoms with Gasteiger partial charge in [-0.3, -0.25) is 4.98 Å². The fraction of sp³-hybridized carbons (Fsp3) is 0.400. The summed E-state index contributed by atoms with van der Waals surface area (Å²) in [5.74, 6) is 0.558. The number of benzene rings is 1. The Morgan fingerprint density at radius 1 is 1.22 bits per heavy atom. The molecule has 0 spiro atoms. The van der Waals surface area contributed by atoms with E-state index in [-0.39, 0.29) is 0 Å². The Balaban J connectivity index is 2.40. The maximum atomic E-state index is 6.19. The molecule has 1 nitrogen and oxygen atoms in total. The molecule has 1 aromatic heterocycles. The van der Waals surface area contributed by atoms with Gasteiger partial charge < -0.3 is 0 Å². The predicted molar refractivity (Wildman–Crippen MR) is 77.7 cm³/mol. The molecule has 0 amide bonds. The fourth-order valence-corrected chi connectivity index (χ4v) is 3.31. The van der Waals surface area contributed by atoms with Gasteiger partial charge in [0.05, 0.1) is 5.52 Å². The minimum atomic E-state index is 0.558. The van der Waals surface area contributed by atoms with E-state index >= 15 is 0 Å². The molecule has 0 unspecified atom stereocenters.